The first kappa shape index (κ1) is 14.3. The lowest BCUT2D eigenvalue weighted by Gasteiger charge is -2.20. The van der Waals surface area contributed by atoms with Gasteiger partial charge in [0.15, 0.2) is 0 Å². The fourth-order valence-electron chi connectivity index (χ4n) is 1.68. The average molecular weight is 252 g/mol. The summed E-state index contributed by atoms with van der Waals surface area (Å²) in [6, 6.07) is 4.96. The van der Waals surface area contributed by atoms with Gasteiger partial charge in [0.1, 0.15) is 5.75 Å². The molecule has 1 aromatic carbocycles. The van der Waals surface area contributed by atoms with E-state index < -0.39 is 6.10 Å². The van der Waals surface area contributed by atoms with Crippen molar-refractivity contribution in [3.05, 3.63) is 23.8 Å². The van der Waals surface area contributed by atoms with E-state index in [0.29, 0.717) is 12.1 Å². The van der Waals surface area contributed by atoms with Gasteiger partial charge in [0, 0.05) is 30.9 Å². The number of aliphatic hydroxyl groups is 1. The van der Waals surface area contributed by atoms with Crippen molar-refractivity contribution in [2.45, 2.75) is 20.0 Å². The maximum Gasteiger partial charge on any atom is 0.239 e. The molecule has 0 aliphatic rings. The van der Waals surface area contributed by atoms with Crippen molar-refractivity contribution in [3.8, 4) is 5.75 Å². The third-order valence-electron chi connectivity index (χ3n) is 2.66. The maximum atomic E-state index is 11.4. The largest absolute Gasteiger partial charge is 0.507 e. The monoisotopic (exact) mass is 252 g/mol. The highest BCUT2D eigenvalue weighted by atomic mass is 16.3. The lowest BCUT2D eigenvalue weighted by atomic mass is 10.1. The molecule has 0 fully saturated rings. The molecule has 1 unspecified atom stereocenters. The smallest absolute Gasteiger partial charge is 0.239 e. The number of hydrogen-bond donors (Lipinski definition) is 3. The Labute approximate surface area is 107 Å². The van der Waals surface area contributed by atoms with Gasteiger partial charge in [-0.3, -0.25) is 4.79 Å². The number of rotatable bonds is 5. The van der Waals surface area contributed by atoms with Gasteiger partial charge in [0.2, 0.25) is 5.91 Å². The standard InChI is InChI=1S/C13H20N2O3/c1-4-14-13(18)8-15(3)10-5-6-11(9(2)16)12(17)7-10/h5-7,9,16-17H,4,8H2,1-3H3,(H,14,18). The molecule has 5 heteroatoms. The Hall–Kier alpha value is -1.75. The molecular formula is C13H20N2O3. The van der Waals surface area contributed by atoms with Crippen molar-refractivity contribution in [3.63, 3.8) is 0 Å². The second kappa shape index (κ2) is 6.26. The minimum absolute atomic E-state index is 0.0326. The third kappa shape index (κ3) is 3.63. The van der Waals surface area contributed by atoms with Crippen LogP contribution in [0, 0.1) is 0 Å². The molecule has 1 rings (SSSR count). The highest BCUT2D eigenvalue weighted by molar-refractivity contribution is 5.81. The van der Waals surface area contributed by atoms with Gasteiger partial charge >= 0.3 is 0 Å². The van der Waals surface area contributed by atoms with E-state index in [0.717, 1.165) is 5.69 Å². The molecule has 5 nitrogen and oxygen atoms in total. The summed E-state index contributed by atoms with van der Waals surface area (Å²) in [6.45, 7) is 4.27. The quantitative estimate of drug-likeness (QED) is 0.731. The van der Waals surface area contributed by atoms with Gasteiger partial charge in [-0.25, -0.2) is 0 Å². The maximum absolute atomic E-state index is 11.4. The van der Waals surface area contributed by atoms with Crippen LogP contribution in [0.2, 0.25) is 0 Å². The van der Waals surface area contributed by atoms with Gasteiger partial charge in [0.05, 0.1) is 12.6 Å². The fourth-order valence-corrected chi connectivity index (χ4v) is 1.68. The summed E-state index contributed by atoms with van der Waals surface area (Å²) in [5.74, 6) is -0.0376. The highest BCUT2D eigenvalue weighted by Gasteiger charge is 2.11. The van der Waals surface area contributed by atoms with Crippen LogP contribution in [0.5, 0.6) is 5.75 Å². The SMILES string of the molecule is CCNC(=O)CN(C)c1ccc(C(C)O)c(O)c1. The van der Waals surface area contributed by atoms with Crippen LogP contribution >= 0.6 is 0 Å². The van der Waals surface area contributed by atoms with E-state index in [4.69, 9.17) is 0 Å². The first-order chi connectivity index (χ1) is 8.45. The van der Waals surface area contributed by atoms with Crippen LogP contribution in [0.4, 0.5) is 5.69 Å². The zero-order valence-corrected chi connectivity index (χ0v) is 11.0. The number of phenolic OH excluding ortho intramolecular Hbond substituents is 1. The molecule has 0 saturated carbocycles. The van der Waals surface area contributed by atoms with E-state index in [2.05, 4.69) is 5.32 Å². The zero-order valence-electron chi connectivity index (χ0n) is 11.0. The number of carbonyl (C=O) groups is 1. The van der Waals surface area contributed by atoms with Crippen molar-refractivity contribution in [1.29, 1.82) is 0 Å². The molecule has 1 aromatic rings. The Morgan fingerprint density at radius 3 is 2.67 bits per heavy atom. The van der Waals surface area contributed by atoms with E-state index in [1.54, 1.807) is 37.1 Å². The second-order valence-electron chi connectivity index (χ2n) is 4.23. The van der Waals surface area contributed by atoms with Gasteiger partial charge in [-0.15, -0.1) is 0 Å². The molecule has 0 aliphatic carbocycles. The Balaban J connectivity index is 2.78. The molecule has 1 atom stereocenters. The molecule has 0 bridgehead atoms. The van der Waals surface area contributed by atoms with Gasteiger partial charge in [-0.1, -0.05) is 6.07 Å². The molecule has 0 spiro atoms. The first-order valence-corrected chi connectivity index (χ1v) is 5.94. The lowest BCUT2D eigenvalue weighted by molar-refractivity contribution is -0.119. The van der Waals surface area contributed by atoms with E-state index in [1.165, 1.54) is 0 Å². The van der Waals surface area contributed by atoms with Gasteiger partial charge in [0.25, 0.3) is 0 Å². The molecule has 18 heavy (non-hydrogen) atoms. The van der Waals surface area contributed by atoms with Crippen molar-refractivity contribution < 1.29 is 15.0 Å². The Kier molecular flexibility index (Phi) is 4.97. The van der Waals surface area contributed by atoms with Crippen molar-refractivity contribution in [2.24, 2.45) is 0 Å². The summed E-state index contributed by atoms with van der Waals surface area (Å²) in [6.07, 6.45) is -0.715. The number of anilines is 1. The second-order valence-corrected chi connectivity index (χ2v) is 4.23. The van der Waals surface area contributed by atoms with Crippen LogP contribution in [0.1, 0.15) is 25.5 Å². The summed E-state index contributed by atoms with van der Waals surface area (Å²) in [4.78, 5) is 13.2. The fraction of sp³-hybridized carbons (Fsp3) is 0.462. The van der Waals surface area contributed by atoms with E-state index >= 15 is 0 Å². The van der Waals surface area contributed by atoms with Crippen molar-refractivity contribution >= 4 is 11.6 Å². The zero-order chi connectivity index (χ0) is 13.7. The molecule has 1 amide bonds. The number of aliphatic hydroxyl groups excluding tert-OH is 1. The van der Waals surface area contributed by atoms with Crippen LogP contribution < -0.4 is 10.2 Å². The number of amides is 1. The Bertz CT molecular complexity index is 419. The summed E-state index contributed by atoms with van der Waals surface area (Å²) < 4.78 is 0. The lowest BCUT2D eigenvalue weighted by Crippen LogP contribution is -2.34. The molecular weight excluding hydrogens is 232 g/mol. The van der Waals surface area contributed by atoms with E-state index in [1.807, 2.05) is 6.92 Å². The predicted molar refractivity (Wildman–Crippen MR) is 70.7 cm³/mol. The van der Waals surface area contributed by atoms with Crippen LogP contribution in [0.15, 0.2) is 18.2 Å². The normalized spacial score (nSPS) is 12.0. The first-order valence-electron chi connectivity index (χ1n) is 5.94. The Morgan fingerprint density at radius 1 is 1.50 bits per heavy atom. The van der Waals surface area contributed by atoms with Crippen LogP contribution in [0.3, 0.4) is 0 Å². The summed E-state index contributed by atoms with van der Waals surface area (Å²) in [5.41, 5.74) is 1.20. The van der Waals surface area contributed by atoms with Gasteiger partial charge < -0.3 is 20.4 Å². The van der Waals surface area contributed by atoms with Gasteiger partial charge in [-0.05, 0) is 19.9 Å². The van der Waals surface area contributed by atoms with Crippen LogP contribution in [-0.4, -0.2) is 36.3 Å². The highest BCUT2D eigenvalue weighted by Crippen LogP contribution is 2.28. The molecule has 0 saturated heterocycles. The molecule has 3 N–H and O–H groups in total. The number of benzene rings is 1. The van der Waals surface area contributed by atoms with E-state index in [-0.39, 0.29) is 18.2 Å². The van der Waals surface area contributed by atoms with E-state index in [9.17, 15) is 15.0 Å². The number of hydrogen-bond acceptors (Lipinski definition) is 4. The molecule has 100 valence electrons. The van der Waals surface area contributed by atoms with Crippen LogP contribution in [-0.2, 0) is 4.79 Å². The number of phenols is 1. The topological polar surface area (TPSA) is 72.8 Å². The minimum Gasteiger partial charge on any atom is -0.507 e. The average Bonchev–Trinajstić information content (AvgIpc) is 2.28. The number of aromatic hydroxyl groups is 1. The molecule has 0 aliphatic heterocycles. The van der Waals surface area contributed by atoms with Gasteiger partial charge in [-0.2, -0.15) is 0 Å². The summed E-state index contributed by atoms with van der Waals surface area (Å²) in [5, 5.41) is 21.9. The minimum atomic E-state index is -0.715. The van der Waals surface area contributed by atoms with Crippen LogP contribution in [0.25, 0.3) is 0 Å². The predicted octanol–water partition coefficient (Wildman–Crippen LogP) is 1.02. The number of nitrogens with zero attached hydrogens (tertiary/aromatic N) is 1. The van der Waals surface area contributed by atoms with Crippen molar-refractivity contribution in [2.75, 3.05) is 25.0 Å². The number of nitrogens with one attached hydrogen (secondary N) is 1. The Morgan fingerprint density at radius 2 is 2.17 bits per heavy atom. The molecule has 0 heterocycles. The summed E-state index contributed by atoms with van der Waals surface area (Å²) in [7, 11) is 1.77. The molecule has 0 radical (unpaired) electrons. The van der Waals surface area contributed by atoms with Crippen molar-refractivity contribution in [1.82, 2.24) is 5.32 Å². The third-order valence-corrected chi connectivity index (χ3v) is 2.66. The number of likely N-dealkylation sites (N-methyl/N-ethyl adjacent to an activating group) is 2. The summed E-state index contributed by atoms with van der Waals surface area (Å²) >= 11 is 0. The number of carbonyl (C=O) groups excluding carboxylic acids is 1. The molecule has 0 aromatic heterocycles.